The number of hydrogen-bond donors (Lipinski definition) is 2. The summed E-state index contributed by atoms with van der Waals surface area (Å²) in [7, 11) is 0. The molecule has 17 heavy (non-hydrogen) atoms. The van der Waals surface area contributed by atoms with Gasteiger partial charge in [-0.3, -0.25) is 4.79 Å². The van der Waals surface area contributed by atoms with Crippen molar-refractivity contribution >= 4 is 17.4 Å². The predicted octanol–water partition coefficient (Wildman–Crippen LogP) is 1.40. The van der Waals surface area contributed by atoms with Gasteiger partial charge < -0.3 is 9.90 Å². The van der Waals surface area contributed by atoms with Crippen LogP contribution < -0.4 is 5.43 Å². The highest BCUT2D eigenvalue weighted by Gasteiger charge is 2.03. The van der Waals surface area contributed by atoms with Crippen LogP contribution >= 0.6 is 0 Å². The first-order chi connectivity index (χ1) is 7.91. The van der Waals surface area contributed by atoms with Gasteiger partial charge in [0, 0.05) is 18.6 Å². The second kappa shape index (κ2) is 8.87. The van der Waals surface area contributed by atoms with E-state index in [1.165, 1.54) is 0 Å². The first-order valence-electron chi connectivity index (χ1n) is 5.91. The number of ketones is 1. The Balaban J connectivity index is 3.74. The third-order valence-electron chi connectivity index (χ3n) is 2.23. The first-order valence-corrected chi connectivity index (χ1v) is 5.91. The van der Waals surface area contributed by atoms with Gasteiger partial charge in [0.25, 0.3) is 0 Å². The zero-order valence-corrected chi connectivity index (χ0v) is 10.8. The number of nitrogens with zero attached hydrogens (tertiary/aromatic N) is 1. The van der Waals surface area contributed by atoms with Crippen LogP contribution in [0.5, 0.6) is 0 Å². The molecule has 0 heterocycles. The molecule has 0 aliphatic heterocycles. The Morgan fingerprint density at radius 1 is 1.24 bits per heavy atom. The molecule has 1 amide bonds. The molecule has 0 aromatic carbocycles. The number of hydrogen-bond acceptors (Lipinski definition) is 4. The molecule has 1 unspecified atom stereocenters. The molecule has 2 N–H and O–H groups in total. The quantitative estimate of drug-likeness (QED) is 0.499. The van der Waals surface area contributed by atoms with E-state index in [1.807, 2.05) is 6.92 Å². The maximum absolute atomic E-state index is 11.3. The number of aliphatic hydroxyl groups is 1. The summed E-state index contributed by atoms with van der Waals surface area (Å²) in [5.74, 6) is -0.0319. The van der Waals surface area contributed by atoms with Gasteiger partial charge in [0.15, 0.2) is 0 Å². The fraction of sp³-hybridized carbons (Fsp3) is 0.750. The van der Waals surface area contributed by atoms with Gasteiger partial charge in [-0.1, -0.05) is 0 Å². The lowest BCUT2D eigenvalue weighted by Gasteiger charge is -2.04. The lowest BCUT2D eigenvalue weighted by atomic mass is 10.1. The fourth-order valence-electron chi connectivity index (χ4n) is 1.20. The van der Waals surface area contributed by atoms with Crippen LogP contribution in [-0.2, 0) is 9.59 Å². The summed E-state index contributed by atoms with van der Waals surface area (Å²) in [6.07, 6.45) is 2.24. The average Bonchev–Trinajstić information content (AvgIpc) is 2.23. The van der Waals surface area contributed by atoms with E-state index in [1.54, 1.807) is 13.8 Å². The highest BCUT2D eigenvalue weighted by molar-refractivity contribution is 5.85. The fourth-order valence-corrected chi connectivity index (χ4v) is 1.20. The van der Waals surface area contributed by atoms with E-state index in [0.29, 0.717) is 19.3 Å². The largest absolute Gasteiger partial charge is 0.393 e. The molecule has 1 atom stereocenters. The van der Waals surface area contributed by atoms with Crippen LogP contribution in [0.15, 0.2) is 5.10 Å². The number of carbonyl (C=O) groups is 2. The molecule has 0 aromatic rings. The van der Waals surface area contributed by atoms with Gasteiger partial charge in [-0.05, 0) is 40.0 Å². The first kappa shape index (κ1) is 15.8. The maximum atomic E-state index is 11.3. The van der Waals surface area contributed by atoms with Crippen LogP contribution in [0.3, 0.4) is 0 Å². The summed E-state index contributed by atoms with van der Waals surface area (Å²) < 4.78 is 0. The van der Waals surface area contributed by atoms with E-state index in [2.05, 4.69) is 10.5 Å². The molecule has 0 saturated heterocycles. The molecule has 0 aromatic heterocycles. The van der Waals surface area contributed by atoms with Crippen molar-refractivity contribution in [3.8, 4) is 0 Å². The van der Waals surface area contributed by atoms with E-state index in [0.717, 1.165) is 12.1 Å². The van der Waals surface area contributed by atoms with Crippen molar-refractivity contribution in [3.05, 3.63) is 0 Å². The SMILES string of the molecule is CC(=O)CCC/C(C)=N/NC(=O)CCC(C)O. The Labute approximate surface area is 102 Å². The van der Waals surface area contributed by atoms with Crippen molar-refractivity contribution in [2.45, 2.75) is 59.0 Å². The summed E-state index contributed by atoms with van der Waals surface area (Å²) in [5.41, 5.74) is 3.23. The van der Waals surface area contributed by atoms with E-state index >= 15 is 0 Å². The molecule has 0 aliphatic rings. The van der Waals surface area contributed by atoms with Crippen molar-refractivity contribution in [2.24, 2.45) is 5.10 Å². The molecule has 5 heteroatoms. The Kier molecular flexibility index (Phi) is 8.23. The zero-order valence-electron chi connectivity index (χ0n) is 10.8. The lowest BCUT2D eigenvalue weighted by molar-refractivity contribution is -0.121. The second-order valence-corrected chi connectivity index (χ2v) is 4.33. The molecule has 5 nitrogen and oxygen atoms in total. The van der Waals surface area contributed by atoms with E-state index < -0.39 is 6.10 Å². The van der Waals surface area contributed by atoms with Crippen molar-refractivity contribution in [3.63, 3.8) is 0 Å². The minimum Gasteiger partial charge on any atom is -0.393 e. The third kappa shape index (κ3) is 11.0. The number of hydrazone groups is 1. The molecule has 0 spiro atoms. The molecular formula is C12H22N2O3. The number of Topliss-reactive ketones (excluding diaryl/α,β-unsaturated/α-hetero) is 1. The summed E-state index contributed by atoms with van der Waals surface area (Å²) in [6.45, 7) is 5.02. The summed E-state index contributed by atoms with van der Waals surface area (Å²) in [5, 5.41) is 12.9. The lowest BCUT2D eigenvalue weighted by Crippen LogP contribution is -2.20. The summed E-state index contributed by atoms with van der Waals surface area (Å²) in [4.78, 5) is 22.0. The van der Waals surface area contributed by atoms with E-state index in [9.17, 15) is 9.59 Å². The smallest absolute Gasteiger partial charge is 0.240 e. The predicted molar refractivity (Wildman–Crippen MR) is 66.7 cm³/mol. The van der Waals surface area contributed by atoms with Gasteiger partial charge in [0.2, 0.25) is 5.91 Å². The number of nitrogens with one attached hydrogen (secondary N) is 1. The van der Waals surface area contributed by atoms with Crippen LogP contribution in [0.1, 0.15) is 52.9 Å². The molecule has 0 aliphatic carbocycles. The second-order valence-electron chi connectivity index (χ2n) is 4.33. The molecular weight excluding hydrogens is 220 g/mol. The van der Waals surface area contributed by atoms with Gasteiger partial charge in [0.1, 0.15) is 5.78 Å². The van der Waals surface area contributed by atoms with E-state index in [4.69, 9.17) is 5.11 Å². The Hall–Kier alpha value is -1.23. The van der Waals surface area contributed by atoms with Gasteiger partial charge >= 0.3 is 0 Å². The van der Waals surface area contributed by atoms with Crippen LogP contribution in [-0.4, -0.2) is 28.6 Å². The van der Waals surface area contributed by atoms with Crippen molar-refractivity contribution < 1.29 is 14.7 Å². The highest BCUT2D eigenvalue weighted by Crippen LogP contribution is 1.99. The van der Waals surface area contributed by atoms with Gasteiger partial charge in [-0.25, -0.2) is 5.43 Å². The normalized spacial score (nSPS) is 13.3. The summed E-state index contributed by atoms with van der Waals surface area (Å²) in [6, 6.07) is 0. The Morgan fingerprint density at radius 2 is 1.88 bits per heavy atom. The average molecular weight is 242 g/mol. The van der Waals surface area contributed by atoms with Gasteiger partial charge in [-0.15, -0.1) is 0 Å². The third-order valence-corrected chi connectivity index (χ3v) is 2.23. The van der Waals surface area contributed by atoms with Crippen molar-refractivity contribution in [2.75, 3.05) is 0 Å². The standard InChI is InChI=1S/C12H22N2O3/c1-9(5-4-6-10(2)15)13-14-12(17)8-7-11(3)16/h11,16H,4-8H2,1-3H3,(H,14,17)/b13-9+. The van der Waals surface area contributed by atoms with Crippen LogP contribution in [0.4, 0.5) is 0 Å². The topological polar surface area (TPSA) is 78.8 Å². The van der Waals surface area contributed by atoms with Gasteiger partial charge in [0.05, 0.1) is 6.10 Å². The number of aliphatic hydroxyl groups excluding tert-OH is 1. The van der Waals surface area contributed by atoms with Crippen molar-refractivity contribution in [1.29, 1.82) is 0 Å². The maximum Gasteiger partial charge on any atom is 0.240 e. The Bertz CT molecular complexity index is 285. The van der Waals surface area contributed by atoms with Crippen LogP contribution in [0, 0.1) is 0 Å². The number of carbonyl (C=O) groups excluding carboxylic acids is 2. The van der Waals surface area contributed by atoms with E-state index in [-0.39, 0.29) is 18.1 Å². The zero-order chi connectivity index (χ0) is 13.3. The number of amides is 1. The van der Waals surface area contributed by atoms with Crippen molar-refractivity contribution in [1.82, 2.24) is 5.43 Å². The molecule has 0 bridgehead atoms. The van der Waals surface area contributed by atoms with Crippen LogP contribution in [0.25, 0.3) is 0 Å². The Morgan fingerprint density at radius 3 is 2.41 bits per heavy atom. The molecule has 0 radical (unpaired) electrons. The number of rotatable bonds is 8. The van der Waals surface area contributed by atoms with Gasteiger partial charge in [-0.2, -0.15) is 5.10 Å². The summed E-state index contributed by atoms with van der Waals surface area (Å²) >= 11 is 0. The molecule has 0 rings (SSSR count). The minimum atomic E-state index is -0.471. The minimum absolute atomic E-state index is 0.166. The molecule has 98 valence electrons. The van der Waals surface area contributed by atoms with Crippen LogP contribution in [0.2, 0.25) is 0 Å². The monoisotopic (exact) mass is 242 g/mol. The highest BCUT2D eigenvalue weighted by atomic mass is 16.3. The molecule has 0 saturated carbocycles. The molecule has 0 fully saturated rings.